The first-order valence-electron chi connectivity index (χ1n) is 8.20. The number of benzene rings is 2. The molecule has 27 heavy (non-hydrogen) atoms. The molecule has 2 rings (SSSR count). The van der Waals surface area contributed by atoms with Crippen LogP contribution in [0.5, 0.6) is 11.5 Å². The summed E-state index contributed by atoms with van der Waals surface area (Å²) < 4.78 is 36.6. The number of rotatable bonds is 8. The minimum atomic E-state index is -3.49. The molecular weight excluding hydrogens is 368 g/mol. The molecule has 7 nitrogen and oxygen atoms in total. The van der Waals surface area contributed by atoms with Crippen molar-refractivity contribution in [2.24, 2.45) is 0 Å². The van der Waals surface area contributed by atoms with Crippen LogP contribution in [0.3, 0.4) is 0 Å². The van der Waals surface area contributed by atoms with E-state index in [2.05, 4.69) is 10.0 Å². The zero-order valence-electron chi connectivity index (χ0n) is 15.4. The lowest BCUT2D eigenvalue weighted by Gasteiger charge is -2.08. The molecule has 0 radical (unpaired) electrons. The van der Waals surface area contributed by atoms with Crippen LogP contribution in [0.25, 0.3) is 6.08 Å². The predicted molar refractivity (Wildman–Crippen MR) is 105 cm³/mol. The topological polar surface area (TPSA) is 93.7 Å². The third kappa shape index (κ3) is 5.83. The fraction of sp³-hybridized carbons (Fsp3) is 0.211. The molecule has 0 unspecified atom stereocenters. The maximum Gasteiger partial charge on any atom is 0.248 e. The summed E-state index contributed by atoms with van der Waals surface area (Å²) in [6.07, 6.45) is 2.95. The quantitative estimate of drug-likeness (QED) is 0.676. The van der Waals surface area contributed by atoms with Crippen molar-refractivity contribution in [1.82, 2.24) is 4.72 Å². The molecule has 0 spiro atoms. The smallest absolute Gasteiger partial charge is 0.248 e. The fourth-order valence-corrected chi connectivity index (χ4v) is 3.31. The Balaban J connectivity index is 2.07. The minimum absolute atomic E-state index is 0.175. The molecule has 2 aromatic rings. The molecule has 2 aromatic carbocycles. The van der Waals surface area contributed by atoms with Crippen LogP contribution >= 0.6 is 0 Å². The minimum Gasteiger partial charge on any atom is -0.497 e. The van der Waals surface area contributed by atoms with Gasteiger partial charge in [-0.3, -0.25) is 4.79 Å². The van der Waals surface area contributed by atoms with Gasteiger partial charge in [-0.15, -0.1) is 0 Å². The number of hydrogen-bond donors (Lipinski definition) is 2. The van der Waals surface area contributed by atoms with Gasteiger partial charge in [-0.2, -0.15) is 0 Å². The fourth-order valence-electron chi connectivity index (χ4n) is 2.27. The molecule has 2 N–H and O–H groups in total. The van der Waals surface area contributed by atoms with E-state index in [4.69, 9.17) is 9.47 Å². The largest absolute Gasteiger partial charge is 0.497 e. The van der Waals surface area contributed by atoms with Crippen molar-refractivity contribution >= 4 is 27.7 Å². The summed E-state index contributed by atoms with van der Waals surface area (Å²) in [6.45, 7) is 2.03. The van der Waals surface area contributed by atoms with Crippen LogP contribution < -0.4 is 19.5 Å². The van der Waals surface area contributed by atoms with Crippen LogP contribution in [0.1, 0.15) is 12.5 Å². The first-order chi connectivity index (χ1) is 12.9. The third-order valence-corrected chi connectivity index (χ3v) is 5.13. The summed E-state index contributed by atoms with van der Waals surface area (Å²) in [6, 6.07) is 11.3. The number of carbonyl (C=O) groups excluding carboxylic acids is 1. The lowest BCUT2D eigenvalue weighted by molar-refractivity contribution is -0.111. The second-order valence-electron chi connectivity index (χ2n) is 5.49. The predicted octanol–water partition coefficient (Wildman–Crippen LogP) is 2.65. The van der Waals surface area contributed by atoms with E-state index in [1.807, 2.05) is 0 Å². The Morgan fingerprint density at radius 2 is 1.63 bits per heavy atom. The maximum atomic E-state index is 12.1. The number of nitrogens with one attached hydrogen (secondary N) is 2. The second kappa shape index (κ2) is 9.20. The van der Waals surface area contributed by atoms with Crippen molar-refractivity contribution in [3.05, 3.63) is 54.1 Å². The molecule has 0 fully saturated rings. The van der Waals surface area contributed by atoms with E-state index in [1.54, 1.807) is 43.3 Å². The molecule has 0 saturated heterocycles. The molecule has 0 heterocycles. The van der Waals surface area contributed by atoms with E-state index in [1.165, 1.54) is 32.4 Å². The number of methoxy groups -OCH3 is 2. The van der Waals surface area contributed by atoms with Crippen molar-refractivity contribution in [2.45, 2.75) is 11.8 Å². The van der Waals surface area contributed by atoms with E-state index in [0.717, 1.165) is 0 Å². The van der Waals surface area contributed by atoms with Gasteiger partial charge >= 0.3 is 0 Å². The number of sulfonamides is 1. The third-order valence-electron chi connectivity index (χ3n) is 3.57. The van der Waals surface area contributed by atoms with Gasteiger partial charge in [-0.05, 0) is 23.8 Å². The van der Waals surface area contributed by atoms with Gasteiger partial charge in [0.25, 0.3) is 0 Å². The molecule has 0 atom stereocenters. The van der Waals surface area contributed by atoms with E-state index in [0.29, 0.717) is 29.3 Å². The number of hydrogen-bond acceptors (Lipinski definition) is 5. The Morgan fingerprint density at radius 3 is 2.15 bits per heavy atom. The molecule has 144 valence electrons. The highest BCUT2D eigenvalue weighted by molar-refractivity contribution is 7.89. The summed E-state index contributed by atoms with van der Waals surface area (Å²) >= 11 is 0. The number of carbonyl (C=O) groups is 1. The Hall–Kier alpha value is -2.84. The second-order valence-corrected chi connectivity index (χ2v) is 7.26. The van der Waals surface area contributed by atoms with Crippen LogP contribution in [-0.2, 0) is 14.8 Å². The van der Waals surface area contributed by atoms with Gasteiger partial charge in [-0.1, -0.05) is 19.1 Å². The molecule has 0 bridgehead atoms. The summed E-state index contributed by atoms with van der Waals surface area (Å²) in [5.41, 5.74) is 1.23. The first kappa shape index (κ1) is 20.5. The summed E-state index contributed by atoms with van der Waals surface area (Å²) in [7, 11) is -0.434. The van der Waals surface area contributed by atoms with Gasteiger partial charge in [-0.25, -0.2) is 13.1 Å². The van der Waals surface area contributed by atoms with Crippen molar-refractivity contribution in [2.75, 3.05) is 26.1 Å². The number of ether oxygens (including phenoxy) is 2. The highest BCUT2D eigenvalue weighted by Gasteiger charge is 2.11. The van der Waals surface area contributed by atoms with Crippen LogP contribution in [-0.4, -0.2) is 35.1 Å². The number of amides is 1. The SMILES string of the molecule is CCNS(=O)(=O)c1ccc(/C=C/C(=O)Nc2cc(OC)cc(OC)c2)cc1. The first-order valence-corrected chi connectivity index (χ1v) is 9.68. The van der Waals surface area contributed by atoms with Crippen molar-refractivity contribution in [3.63, 3.8) is 0 Å². The van der Waals surface area contributed by atoms with Gasteiger partial charge in [0, 0.05) is 36.5 Å². The normalized spacial score (nSPS) is 11.4. The Kier molecular flexibility index (Phi) is 6.98. The van der Waals surface area contributed by atoms with E-state index in [-0.39, 0.29) is 10.8 Å². The van der Waals surface area contributed by atoms with Crippen LogP contribution in [0, 0.1) is 0 Å². The average Bonchev–Trinajstić information content (AvgIpc) is 2.66. The molecule has 0 aliphatic carbocycles. The van der Waals surface area contributed by atoms with Gasteiger partial charge < -0.3 is 14.8 Å². The van der Waals surface area contributed by atoms with Gasteiger partial charge in [0.05, 0.1) is 19.1 Å². The number of anilines is 1. The van der Waals surface area contributed by atoms with E-state index < -0.39 is 10.0 Å². The molecule has 0 saturated carbocycles. The Bertz CT molecular complexity index is 899. The maximum absolute atomic E-state index is 12.1. The van der Waals surface area contributed by atoms with Crippen LogP contribution in [0.2, 0.25) is 0 Å². The van der Waals surface area contributed by atoms with Crippen LogP contribution in [0.4, 0.5) is 5.69 Å². The standard InChI is InChI=1S/C19H22N2O5S/c1-4-20-27(23,24)18-8-5-14(6-9-18)7-10-19(22)21-15-11-16(25-2)13-17(12-15)26-3/h5-13,20H,4H2,1-3H3,(H,21,22)/b10-7+. The molecule has 1 amide bonds. The van der Waals surface area contributed by atoms with E-state index >= 15 is 0 Å². The molecule has 8 heteroatoms. The lowest BCUT2D eigenvalue weighted by atomic mass is 10.2. The zero-order chi connectivity index (χ0) is 19.9. The van der Waals surface area contributed by atoms with Crippen molar-refractivity contribution in [3.8, 4) is 11.5 Å². The average molecular weight is 390 g/mol. The van der Waals surface area contributed by atoms with E-state index in [9.17, 15) is 13.2 Å². The summed E-state index contributed by atoms with van der Waals surface area (Å²) in [5, 5.41) is 2.72. The highest BCUT2D eigenvalue weighted by Crippen LogP contribution is 2.25. The molecular formula is C19H22N2O5S. The monoisotopic (exact) mass is 390 g/mol. The van der Waals surface area contributed by atoms with Gasteiger partial charge in [0.2, 0.25) is 15.9 Å². The van der Waals surface area contributed by atoms with Crippen molar-refractivity contribution < 1.29 is 22.7 Å². The molecule has 0 aliphatic rings. The van der Waals surface area contributed by atoms with Gasteiger partial charge in [0.15, 0.2) is 0 Å². The highest BCUT2D eigenvalue weighted by atomic mass is 32.2. The van der Waals surface area contributed by atoms with Crippen molar-refractivity contribution in [1.29, 1.82) is 0 Å². The molecule has 0 aliphatic heterocycles. The van der Waals surface area contributed by atoms with Crippen LogP contribution in [0.15, 0.2) is 53.4 Å². The Labute approximate surface area is 159 Å². The lowest BCUT2D eigenvalue weighted by Crippen LogP contribution is -2.22. The molecule has 0 aromatic heterocycles. The zero-order valence-corrected chi connectivity index (χ0v) is 16.2. The van der Waals surface area contributed by atoms with Gasteiger partial charge in [0.1, 0.15) is 11.5 Å². The summed E-state index contributed by atoms with van der Waals surface area (Å²) in [4.78, 5) is 12.3. The Morgan fingerprint density at radius 1 is 1.04 bits per heavy atom. The summed E-state index contributed by atoms with van der Waals surface area (Å²) in [5.74, 6) is 0.784.